The van der Waals surface area contributed by atoms with Crippen molar-refractivity contribution in [1.82, 2.24) is 4.98 Å². The minimum atomic E-state index is -0.390. The van der Waals surface area contributed by atoms with Gasteiger partial charge < -0.3 is 0 Å². The van der Waals surface area contributed by atoms with Crippen LogP contribution >= 0.6 is 11.6 Å². The smallest absolute Gasteiger partial charge is 0.151 e. The van der Waals surface area contributed by atoms with E-state index >= 15 is 0 Å². The molecule has 0 amide bonds. The van der Waals surface area contributed by atoms with Gasteiger partial charge in [-0.05, 0) is 30.3 Å². The monoisotopic (exact) mass is 235 g/mol. The predicted octanol–water partition coefficient (Wildman–Crippen LogP) is 3.35. The highest BCUT2D eigenvalue weighted by molar-refractivity contribution is 6.33. The van der Waals surface area contributed by atoms with E-state index in [2.05, 4.69) is 4.98 Å². The summed E-state index contributed by atoms with van der Waals surface area (Å²) in [5.74, 6) is -0.390. The van der Waals surface area contributed by atoms with E-state index in [9.17, 15) is 9.18 Å². The lowest BCUT2D eigenvalue weighted by atomic mass is 10.1. The molecule has 0 radical (unpaired) electrons. The van der Waals surface area contributed by atoms with Gasteiger partial charge in [-0.25, -0.2) is 4.39 Å². The Bertz CT molecular complexity index is 525. The summed E-state index contributed by atoms with van der Waals surface area (Å²) in [6.07, 6.45) is 2.16. The average Bonchev–Trinajstić information content (AvgIpc) is 2.29. The zero-order chi connectivity index (χ0) is 11.5. The Balaban J connectivity index is 2.46. The largest absolute Gasteiger partial charge is 0.298 e. The van der Waals surface area contributed by atoms with Crippen molar-refractivity contribution in [2.24, 2.45) is 0 Å². The van der Waals surface area contributed by atoms with Gasteiger partial charge >= 0.3 is 0 Å². The molecule has 2 aromatic rings. The third-order valence-electron chi connectivity index (χ3n) is 2.13. The normalized spacial score (nSPS) is 10.1. The maximum absolute atomic E-state index is 12.8. The summed E-state index contributed by atoms with van der Waals surface area (Å²) >= 11 is 5.89. The van der Waals surface area contributed by atoms with E-state index in [1.165, 1.54) is 18.3 Å². The summed E-state index contributed by atoms with van der Waals surface area (Å²) in [7, 11) is 0. The van der Waals surface area contributed by atoms with E-state index in [1.54, 1.807) is 18.2 Å². The van der Waals surface area contributed by atoms with Crippen molar-refractivity contribution < 1.29 is 9.18 Å². The number of carbonyl (C=O) groups excluding carboxylic acids is 1. The highest BCUT2D eigenvalue weighted by Gasteiger charge is 2.05. The van der Waals surface area contributed by atoms with Crippen LogP contribution in [0.5, 0.6) is 0 Å². The van der Waals surface area contributed by atoms with E-state index in [4.69, 9.17) is 11.6 Å². The van der Waals surface area contributed by atoms with Crippen molar-refractivity contribution in [2.45, 2.75) is 0 Å². The van der Waals surface area contributed by atoms with E-state index in [1.807, 2.05) is 0 Å². The summed E-state index contributed by atoms with van der Waals surface area (Å²) < 4.78 is 12.8. The lowest BCUT2D eigenvalue weighted by Crippen LogP contribution is -1.88. The molecule has 4 heteroatoms. The molecule has 0 aliphatic heterocycles. The number of hydrogen-bond acceptors (Lipinski definition) is 2. The Hall–Kier alpha value is -1.74. The van der Waals surface area contributed by atoms with Crippen LogP contribution in [0.4, 0.5) is 4.39 Å². The van der Waals surface area contributed by atoms with Crippen LogP contribution in [0, 0.1) is 5.82 Å². The van der Waals surface area contributed by atoms with Gasteiger partial charge in [-0.1, -0.05) is 11.6 Å². The summed E-state index contributed by atoms with van der Waals surface area (Å²) in [4.78, 5) is 14.5. The fourth-order valence-corrected chi connectivity index (χ4v) is 1.60. The zero-order valence-electron chi connectivity index (χ0n) is 8.15. The van der Waals surface area contributed by atoms with E-state index in [-0.39, 0.29) is 0 Å². The first-order chi connectivity index (χ1) is 7.70. The Labute approximate surface area is 96.7 Å². The van der Waals surface area contributed by atoms with Gasteiger partial charge in [0, 0.05) is 17.3 Å². The van der Waals surface area contributed by atoms with Crippen LogP contribution in [0.25, 0.3) is 11.3 Å². The molecule has 0 spiro atoms. The minimum Gasteiger partial charge on any atom is -0.298 e. The van der Waals surface area contributed by atoms with Gasteiger partial charge in [-0.2, -0.15) is 0 Å². The summed E-state index contributed by atoms with van der Waals surface area (Å²) in [6, 6.07) is 7.40. The van der Waals surface area contributed by atoms with Gasteiger partial charge in [0.25, 0.3) is 0 Å². The van der Waals surface area contributed by atoms with E-state index in [0.29, 0.717) is 28.1 Å². The van der Waals surface area contributed by atoms with Gasteiger partial charge in [0.15, 0.2) is 6.29 Å². The van der Waals surface area contributed by atoms with Crippen LogP contribution in [-0.4, -0.2) is 11.3 Å². The molecule has 0 saturated carbocycles. The maximum Gasteiger partial charge on any atom is 0.151 e. The molecule has 0 bridgehead atoms. The Kier molecular flexibility index (Phi) is 2.97. The molecule has 0 aliphatic rings. The van der Waals surface area contributed by atoms with Gasteiger partial charge in [-0.15, -0.1) is 0 Å². The zero-order valence-corrected chi connectivity index (χ0v) is 8.91. The quantitative estimate of drug-likeness (QED) is 0.747. The van der Waals surface area contributed by atoms with Crippen LogP contribution in [0.3, 0.4) is 0 Å². The van der Waals surface area contributed by atoms with Crippen LogP contribution in [0.1, 0.15) is 10.4 Å². The van der Waals surface area contributed by atoms with Crippen molar-refractivity contribution in [3.05, 3.63) is 52.9 Å². The van der Waals surface area contributed by atoms with E-state index < -0.39 is 5.82 Å². The Morgan fingerprint density at radius 2 is 2.06 bits per heavy atom. The highest BCUT2D eigenvalue weighted by atomic mass is 35.5. The van der Waals surface area contributed by atoms with Gasteiger partial charge in [0.1, 0.15) is 5.82 Å². The number of hydrogen-bond donors (Lipinski definition) is 0. The summed E-state index contributed by atoms with van der Waals surface area (Å²) in [6.45, 7) is 0. The number of nitrogens with zero attached hydrogens (tertiary/aromatic N) is 1. The Morgan fingerprint density at radius 1 is 1.25 bits per heavy atom. The Morgan fingerprint density at radius 3 is 2.62 bits per heavy atom. The SMILES string of the molecule is O=Cc1ccc(-c2ccc(F)cc2Cl)nc1. The number of rotatable bonds is 2. The van der Waals surface area contributed by atoms with Crippen LogP contribution in [0.15, 0.2) is 36.5 Å². The first-order valence-corrected chi connectivity index (χ1v) is 4.95. The van der Waals surface area contributed by atoms with Crippen molar-refractivity contribution in [3.63, 3.8) is 0 Å². The van der Waals surface area contributed by atoms with Crippen LogP contribution in [0.2, 0.25) is 5.02 Å². The molecule has 0 unspecified atom stereocenters. The first-order valence-electron chi connectivity index (χ1n) is 4.57. The van der Waals surface area contributed by atoms with Gasteiger partial charge in [-0.3, -0.25) is 9.78 Å². The van der Waals surface area contributed by atoms with Gasteiger partial charge in [0.2, 0.25) is 0 Å². The van der Waals surface area contributed by atoms with Crippen LogP contribution in [-0.2, 0) is 0 Å². The number of aromatic nitrogens is 1. The second kappa shape index (κ2) is 4.41. The standard InChI is InChI=1S/C12H7ClFNO/c13-11-5-9(14)2-3-10(11)12-4-1-8(7-16)6-15-12/h1-7H. The topological polar surface area (TPSA) is 30.0 Å². The maximum atomic E-state index is 12.8. The molecule has 0 atom stereocenters. The fourth-order valence-electron chi connectivity index (χ4n) is 1.33. The molecule has 1 heterocycles. The molecule has 16 heavy (non-hydrogen) atoms. The summed E-state index contributed by atoms with van der Waals surface area (Å²) in [5.41, 5.74) is 1.73. The highest BCUT2D eigenvalue weighted by Crippen LogP contribution is 2.26. The number of aldehydes is 1. The number of benzene rings is 1. The average molecular weight is 236 g/mol. The first kappa shape index (κ1) is 10.8. The number of pyridine rings is 1. The summed E-state index contributed by atoms with van der Waals surface area (Å²) in [5, 5.41) is 0.298. The third kappa shape index (κ3) is 2.09. The van der Waals surface area contributed by atoms with Crippen LogP contribution < -0.4 is 0 Å². The third-order valence-corrected chi connectivity index (χ3v) is 2.44. The van der Waals surface area contributed by atoms with Crippen molar-refractivity contribution in [1.29, 1.82) is 0 Å². The molecule has 80 valence electrons. The molecule has 0 saturated heterocycles. The molecule has 0 fully saturated rings. The van der Waals surface area contributed by atoms with E-state index in [0.717, 1.165) is 0 Å². The molecule has 0 N–H and O–H groups in total. The second-order valence-electron chi connectivity index (χ2n) is 3.22. The van der Waals surface area contributed by atoms with Crippen molar-refractivity contribution in [2.75, 3.05) is 0 Å². The fraction of sp³-hybridized carbons (Fsp3) is 0. The lowest BCUT2D eigenvalue weighted by Gasteiger charge is -2.03. The molecule has 2 rings (SSSR count). The van der Waals surface area contributed by atoms with Gasteiger partial charge in [0.05, 0.1) is 10.7 Å². The molecule has 1 aromatic carbocycles. The molecule has 0 aliphatic carbocycles. The number of carbonyl (C=O) groups is 1. The van der Waals surface area contributed by atoms with Crippen molar-refractivity contribution in [3.8, 4) is 11.3 Å². The molecular weight excluding hydrogens is 229 g/mol. The molecule has 1 aromatic heterocycles. The van der Waals surface area contributed by atoms with Crippen molar-refractivity contribution >= 4 is 17.9 Å². The number of halogens is 2. The lowest BCUT2D eigenvalue weighted by molar-refractivity contribution is 0.112. The molecule has 2 nitrogen and oxygen atoms in total. The second-order valence-corrected chi connectivity index (χ2v) is 3.63. The predicted molar refractivity (Wildman–Crippen MR) is 60.0 cm³/mol. The molecular formula is C12H7ClFNO. The minimum absolute atomic E-state index is 0.298.